The highest BCUT2D eigenvalue weighted by atomic mass is 16.5. The van der Waals surface area contributed by atoms with Gasteiger partial charge in [-0.15, -0.1) is 0 Å². The molecule has 1 fully saturated rings. The smallest absolute Gasteiger partial charge is 0.233 e. The van der Waals surface area contributed by atoms with Crippen LogP contribution in [0.2, 0.25) is 0 Å². The van der Waals surface area contributed by atoms with Crippen LogP contribution in [0.1, 0.15) is 47.0 Å². The van der Waals surface area contributed by atoms with E-state index in [0.717, 1.165) is 0 Å². The molecule has 0 aromatic rings. The molecule has 25 heavy (non-hydrogen) atoms. The van der Waals surface area contributed by atoms with Gasteiger partial charge in [-0.3, -0.25) is 24.1 Å². The number of Topliss-reactive ketones (excluding diaryl/α,β-unsaturated/α-hetero) is 1. The minimum absolute atomic E-state index is 0.00889. The molecule has 142 valence electrons. The van der Waals surface area contributed by atoms with Crippen molar-refractivity contribution >= 4 is 23.5 Å². The molecule has 1 heterocycles. The average Bonchev–Trinajstić information content (AvgIpc) is 2.83. The van der Waals surface area contributed by atoms with Gasteiger partial charge in [0.25, 0.3) is 0 Å². The van der Waals surface area contributed by atoms with E-state index in [1.54, 1.807) is 0 Å². The minimum atomic E-state index is -0.266. The normalized spacial score (nSPS) is 17.7. The molecule has 1 atom stereocenters. The van der Waals surface area contributed by atoms with E-state index in [0.29, 0.717) is 26.2 Å². The summed E-state index contributed by atoms with van der Waals surface area (Å²) in [6.45, 7) is 8.67. The van der Waals surface area contributed by atoms with Crippen molar-refractivity contribution in [1.82, 2.24) is 10.2 Å². The third-order valence-electron chi connectivity index (χ3n) is 4.35. The van der Waals surface area contributed by atoms with Crippen LogP contribution < -0.4 is 5.32 Å². The highest BCUT2D eigenvalue weighted by Crippen LogP contribution is 2.26. The molecule has 0 aliphatic carbocycles. The Morgan fingerprint density at radius 3 is 2.40 bits per heavy atom. The highest BCUT2D eigenvalue weighted by molar-refractivity contribution is 6.03. The lowest BCUT2D eigenvalue weighted by atomic mass is 9.94. The molecular weight excluding hydrogens is 324 g/mol. The molecule has 0 radical (unpaired) electrons. The summed E-state index contributed by atoms with van der Waals surface area (Å²) in [6.07, 6.45) is 0.705. The Balaban J connectivity index is 2.16. The number of hydrogen-bond acceptors (Lipinski definition) is 5. The number of carbonyl (C=O) groups excluding carboxylic acids is 4. The third-order valence-corrected chi connectivity index (χ3v) is 4.35. The van der Waals surface area contributed by atoms with Crippen molar-refractivity contribution in [3.8, 4) is 0 Å². The maximum absolute atomic E-state index is 12.1. The number of hydrogen-bond donors (Lipinski definition) is 1. The van der Waals surface area contributed by atoms with Gasteiger partial charge in [-0.2, -0.15) is 0 Å². The number of ether oxygens (including phenoxy) is 1. The first-order valence-electron chi connectivity index (χ1n) is 8.95. The molecule has 0 aromatic carbocycles. The fraction of sp³-hybridized carbons (Fsp3) is 0.778. The van der Waals surface area contributed by atoms with Crippen LogP contribution in [0.3, 0.4) is 0 Å². The van der Waals surface area contributed by atoms with Crippen molar-refractivity contribution in [3.63, 3.8) is 0 Å². The van der Waals surface area contributed by atoms with E-state index in [1.807, 2.05) is 27.7 Å². The predicted molar refractivity (Wildman–Crippen MR) is 92.6 cm³/mol. The van der Waals surface area contributed by atoms with Gasteiger partial charge in [0.2, 0.25) is 17.7 Å². The van der Waals surface area contributed by atoms with Gasteiger partial charge >= 0.3 is 0 Å². The second-order valence-corrected chi connectivity index (χ2v) is 7.02. The van der Waals surface area contributed by atoms with Gasteiger partial charge in [0.15, 0.2) is 0 Å². The second-order valence-electron chi connectivity index (χ2n) is 7.02. The molecular formula is C18H30N2O5. The third kappa shape index (κ3) is 6.94. The number of rotatable bonds is 11. The number of amides is 3. The summed E-state index contributed by atoms with van der Waals surface area (Å²) in [4.78, 5) is 48.4. The topological polar surface area (TPSA) is 92.8 Å². The van der Waals surface area contributed by atoms with Crippen molar-refractivity contribution in [3.05, 3.63) is 0 Å². The van der Waals surface area contributed by atoms with Crippen molar-refractivity contribution in [2.45, 2.75) is 47.0 Å². The number of ketones is 1. The Labute approximate surface area is 149 Å². The molecule has 3 amide bonds. The molecule has 1 saturated heterocycles. The Hall–Kier alpha value is -1.76. The quantitative estimate of drug-likeness (QED) is 0.444. The maximum atomic E-state index is 12.1. The van der Waals surface area contributed by atoms with Crippen LogP contribution in [0.4, 0.5) is 0 Å². The van der Waals surface area contributed by atoms with Crippen LogP contribution in [0, 0.1) is 17.8 Å². The van der Waals surface area contributed by atoms with E-state index in [9.17, 15) is 19.2 Å². The van der Waals surface area contributed by atoms with E-state index in [-0.39, 0.29) is 60.6 Å². The molecule has 0 aromatic heterocycles. The molecule has 0 saturated carbocycles. The minimum Gasteiger partial charge on any atom is -0.379 e. The van der Waals surface area contributed by atoms with E-state index in [4.69, 9.17) is 4.74 Å². The zero-order chi connectivity index (χ0) is 19.0. The number of nitrogens with zero attached hydrogens (tertiary/aromatic N) is 1. The summed E-state index contributed by atoms with van der Waals surface area (Å²) >= 11 is 0. The molecule has 7 heteroatoms. The molecule has 1 rings (SSSR count). The van der Waals surface area contributed by atoms with Gasteiger partial charge in [-0.1, -0.05) is 27.7 Å². The summed E-state index contributed by atoms with van der Waals surface area (Å²) < 4.78 is 5.30. The molecule has 7 nitrogen and oxygen atoms in total. The maximum Gasteiger partial charge on any atom is 0.233 e. The first kappa shape index (κ1) is 21.3. The van der Waals surface area contributed by atoms with Crippen molar-refractivity contribution < 1.29 is 23.9 Å². The standard InChI is InChI=1S/C18H30N2O5/c1-12(2)14-11-17(23)20(18(14)24)8-5-16(22)19-7-10-25-9-6-15(21)13(3)4/h12-14H,5-11H2,1-4H3,(H,19,22). The predicted octanol–water partition coefficient (Wildman–Crippen LogP) is 1.16. The van der Waals surface area contributed by atoms with Gasteiger partial charge < -0.3 is 10.1 Å². The van der Waals surface area contributed by atoms with Gasteiger partial charge in [-0.05, 0) is 5.92 Å². The van der Waals surface area contributed by atoms with Crippen LogP contribution in [-0.4, -0.2) is 54.7 Å². The number of imide groups is 1. The van der Waals surface area contributed by atoms with E-state index in [2.05, 4.69) is 5.32 Å². The van der Waals surface area contributed by atoms with Crippen molar-refractivity contribution in [2.75, 3.05) is 26.3 Å². The lowest BCUT2D eigenvalue weighted by molar-refractivity contribution is -0.140. The molecule has 0 bridgehead atoms. The number of carbonyl (C=O) groups is 4. The van der Waals surface area contributed by atoms with Gasteiger partial charge in [0.05, 0.1) is 13.2 Å². The lowest BCUT2D eigenvalue weighted by Gasteiger charge is -2.16. The van der Waals surface area contributed by atoms with Crippen LogP contribution in [0.15, 0.2) is 0 Å². The summed E-state index contributed by atoms with van der Waals surface area (Å²) in [6, 6.07) is 0. The Morgan fingerprint density at radius 2 is 1.84 bits per heavy atom. The molecule has 0 spiro atoms. The van der Waals surface area contributed by atoms with Crippen LogP contribution in [-0.2, 0) is 23.9 Å². The van der Waals surface area contributed by atoms with Crippen LogP contribution in [0.5, 0.6) is 0 Å². The lowest BCUT2D eigenvalue weighted by Crippen LogP contribution is -2.36. The Morgan fingerprint density at radius 1 is 1.16 bits per heavy atom. The largest absolute Gasteiger partial charge is 0.379 e. The molecule has 1 N–H and O–H groups in total. The van der Waals surface area contributed by atoms with Crippen molar-refractivity contribution in [1.29, 1.82) is 0 Å². The Kier molecular flexibility index (Phi) is 8.75. The van der Waals surface area contributed by atoms with Crippen LogP contribution >= 0.6 is 0 Å². The monoisotopic (exact) mass is 354 g/mol. The summed E-state index contributed by atoms with van der Waals surface area (Å²) in [5.41, 5.74) is 0. The first-order chi connectivity index (χ1) is 11.7. The molecule has 1 aliphatic rings. The average molecular weight is 354 g/mol. The molecule has 1 aliphatic heterocycles. The van der Waals surface area contributed by atoms with E-state index < -0.39 is 0 Å². The van der Waals surface area contributed by atoms with Gasteiger partial charge in [0.1, 0.15) is 5.78 Å². The zero-order valence-corrected chi connectivity index (χ0v) is 15.7. The fourth-order valence-corrected chi connectivity index (χ4v) is 2.59. The second kappa shape index (κ2) is 10.3. The SMILES string of the molecule is CC(C)C(=O)CCOCCNC(=O)CCN1C(=O)CC(C(C)C)C1=O. The zero-order valence-electron chi connectivity index (χ0n) is 15.7. The summed E-state index contributed by atoms with van der Waals surface area (Å²) in [7, 11) is 0. The Bertz CT molecular complexity index is 502. The number of likely N-dealkylation sites (tertiary alicyclic amines) is 1. The fourth-order valence-electron chi connectivity index (χ4n) is 2.59. The van der Waals surface area contributed by atoms with Gasteiger partial charge in [-0.25, -0.2) is 0 Å². The van der Waals surface area contributed by atoms with Crippen LogP contribution in [0.25, 0.3) is 0 Å². The molecule has 1 unspecified atom stereocenters. The van der Waals surface area contributed by atoms with E-state index in [1.165, 1.54) is 4.90 Å². The van der Waals surface area contributed by atoms with Gasteiger partial charge in [0, 0.05) is 44.2 Å². The van der Waals surface area contributed by atoms with Crippen molar-refractivity contribution in [2.24, 2.45) is 17.8 Å². The highest BCUT2D eigenvalue weighted by Gasteiger charge is 2.39. The first-order valence-corrected chi connectivity index (χ1v) is 8.95. The summed E-state index contributed by atoms with van der Waals surface area (Å²) in [5, 5.41) is 2.68. The summed E-state index contributed by atoms with van der Waals surface area (Å²) in [5.74, 6) is -0.582. The van der Waals surface area contributed by atoms with E-state index >= 15 is 0 Å². The number of nitrogens with one attached hydrogen (secondary N) is 1.